The molecule has 0 saturated carbocycles. The Balaban J connectivity index is 2.33. The average molecular weight is 302 g/mol. The maximum Gasteiger partial charge on any atom is 0.123 e. The molecule has 0 radical (unpaired) electrons. The fourth-order valence-electron chi connectivity index (χ4n) is 2.85. The molecule has 3 aromatic carbocycles. The van der Waals surface area contributed by atoms with Crippen molar-refractivity contribution in [2.24, 2.45) is 0 Å². The second-order valence-corrected chi connectivity index (χ2v) is 5.37. The second kappa shape index (κ2) is 6.41. The van der Waals surface area contributed by atoms with E-state index in [1.807, 2.05) is 48.5 Å². The van der Waals surface area contributed by atoms with E-state index in [2.05, 4.69) is 6.58 Å². The topological polar surface area (TPSA) is 40.5 Å². The molecule has 0 saturated heterocycles. The third-order valence-corrected chi connectivity index (χ3v) is 3.88. The number of phenolic OH excluding ortho intramolecular Hbond substituents is 2. The lowest BCUT2D eigenvalue weighted by Gasteiger charge is -2.16. The highest BCUT2D eigenvalue weighted by atomic mass is 16.3. The standard InChI is InChI=1S/C21H18O2/c1-2-8-15-9-7-12-17(16-10-3-5-13-19(16)22)21(15)18-11-4-6-14-20(18)23/h2-7,9-14,22-23H,1,8H2. The summed E-state index contributed by atoms with van der Waals surface area (Å²) in [5.41, 5.74) is 4.37. The largest absolute Gasteiger partial charge is 0.507 e. The number of hydrogen-bond acceptors (Lipinski definition) is 2. The SMILES string of the molecule is C=CCc1cccc(-c2ccccc2O)c1-c1ccccc1O. The first-order chi connectivity index (χ1) is 11.2. The van der Waals surface area contributed by atoms with Crippen LogP contribution in [0.25, 0.3) is 22.3 Å². The quantitative estimate of drug-likeness (QED) is 0.653. The zero-order chi connectivity index (χ0) is 16.2. The first-order valence-electron chi connectivity index (χ1n) is 7.52. The summed E-state index contributed by atoms with van der Waals surface area (Å²) in [7, 11) is 0. The van der Waals surface area contributed by atoms with Crippen LogP contribution in [-0.2, 0) is 6.42 Å². The lowest BCUT2D eigenvalue weighted by Crippen LogP contribution is -1.93. The summed E-state index contributed by atoms with van der Waals surface area (Å²) in [6.07, 6.45) is 2.53. The van der Waals surface area contributed by atoms with Gasteiger partial charge >= 0.3 is 0 Å². The van der Waals surface area contributed by atoms with E-state index in [1.165, 1.54) is 0 Å². The lowest BCUT2D eigenvalue weighted by molar-refractivity contribution is 0.476. The van der Waals surface area contributed by atoms with Gasteiger partial charge in [-0.15, -0.1) is 6.58 Å². The monoisotopic (exact) mass is 302 g/mol. The van der Waals surface area contributed by atoms with Gasteiger partial charge in [0, 0.05) is 11.1 Å². The highest BCUT2D eigenvalue weighted by Crippen LogP contribution is 2.41. The second-order valence-electron chi connectivity index (χ2n) is 5.37. The molecular formula is C21H18O2. The normalized spacial score (nSPS) is 10.4. The minimum atomic E-state index is 0.222. The van der Waals surface area contributed by atoms with Crippen molar-refractivity contribution < 1.29 is 10.2 Å². The van der Waals surface area contributed by atoms with Crippen molar-refractivity contribution >= 4 is 0 Å². The van der Waals surface area contributed by atoms with E-state index >= 15 is 0 Å². The van der Waals surface area contributed by atoms with Gasteiger partial charge in [0.15, 0.2) is 0 Å². The van der Waals surface area contributed by atoms with E-state index < -0.39 is 0 Å². The Morgan fingerprint density at radius 1 is 0.696 bits per heavy atom. The summed E-state index contributed by atoms with van der Waals surface area (Å²) in [6, 6.07) is 20.4. The van der Waals surface area contributed by atoms with Gasteiger partial charge < -0.3 is 10.2 Å². The maximum atomic E-state index is 10.3. The highest BCUT2D eigenvalue weighted by molar-refractivity contribution is 5.90. The molecule has 0 unspecified atom stereocenters. The third kappa shape index (κ3) is 2.84. The van der Waals surface area contributed by atoms with Gasteiger partial charge in [0.2, 0.25) is 0 Å². The van der Waals surface area contributed by atoms with Gasteiger partial charge in [0.25, 0.3) is 0 Å². The molecule has 114 valence electrons. The minimum Gasteiger partial charge on any atom is -0.507 e. The van der Waals surface area contributed by atoms with E-state index in [9.17, 15) is 10.2 Å². The zero-order valence-electron chi connectivity index (χ0n) is 12.7. The van der Waals surface area contributed by atoms with Crippen LogP contribution in [0.2, 0.25) is 0 Å². The molecule has 3 rings (SSSR count). The van der Waals surface area contributed by atoms with Crippen molar-refractivity contribution in [1.29, 1.82) is 0 Å². The van der Waals surface area contributed by atoms with Crippen LogP contribution in [0.5, 0.6) is 11.5 Å². The first-order valence-corrected chi connectivity index (χ1v) is 7.52. The summed E-state index contributed by atoms with van der Waals surface area (Å²) in [4.78, 5) is 0. The molecule has 0 amide bonds. The average Bonchev–Trinajstić information content (AvgIpc) is 2.56. The van der Waals surface area contributed by atoms with Gasteiger partial charge in [0.1, 0.15) is 11.5 Å². The zero-order valence-corrected chi connectivity index (χ0v) is 12.7. The molecule has 0 spiro atoms. The maximum absolute atomic E-state index is 10.3. The van der Waals surface area contributed by atoms with Crippen molar-refractivity contribution in [1.82, 2.24) is 0 Å². The highest BCUT2D eigenvalue weighted by Gasteiger charge is 2.16. The molecule has 0 aromatic heterocycles. The molecule has 0 heterocycles. The predicted octanol–water partition coefficient (Wildman–Crippen LogP) is 5.16. The summed E-state index contributed by atoms with van der Waals surface area (Å²) in [5.74, 6) is 0.445. The fraction of sp³-hybridized carbons (Fsp3) is 0.0476. The number of rotatable bonds is 4. The van der Waals surface area contributed by atoms with Crippen LogP contribution in [0.3, 0.4) is 0 Å². The van der Waals surface area contributed by atoms with Gasteiger partial charge in [-0.3, -0.25) is 0 Å². The molecule has 2 N–H and O–H groups in total. The van der Waals surface area contributed by atoms with E-state index in [0.717, 1.165) is 27.8 Å². The van der Waals surface area contributed by atoms with E-state index in [4.69, 9.17) is 0 Å². The molecule has 23 heavy (non-hydrogen) atoms. The lowest BCUT2D eigenvalue weighted by atomic mass is 9.88. The predicted molar refractivity (Wildman–Crippen MR) is 94.5 cm³/mol. The van der Waals surface area contributed by atoms with Gasteiger partial charge in [-0.2, -0.15) is 0 Å². The molecule has 0 fully saturated rings. The Hall–Kier alpha value is -3.00. The van der Waals surface area contributed by atoms with Crippen LogP contribution in [0.4, 0.5) is 0 Å². The summed E-state index contributed by atoms with van der Waals surface area (Å²) < 4.78 is 0. The third-order valence-electron chi connectivity index (χ3n) is 3.88. The van der Waals surface area contributed by atoms with Gasteiger partial charge in [-0.25, -0.2) is 0 Å². The Bertz CT molecular complexity index is 850. The first kappa shape index (κ1) is 14.9. The van der Waals surface area contributed by atoms with Gasteiger partial charge in [-0.1, -0.05) is 60.7 Å². The summed E-state index contributed by atoms with van der Waals surface area (Å²) in [5, 5.41) is 20.6. The van der Waals surface area contributed by atoms with Crippen LogP contribution >= 0.6 is 0 Å². The molecule has 2 heteroatoms. The smallest absolute Gasteiger partial charge is 0.123 e. The van der Waals surface area contributed by atoms with Crippen molar-refractivity contribution in [3.8, 4) is 33.8 Å². The fourth-order valence-corrected chi connectivity index (χ4v) is 2.85. The van der Waals surface area contributed by atoms with Crippen LogP contribution < -0.4 is 0 Å². The molecule has 3 aromatic rings. The Morgan fingerprint density at radius 2 is 1.26 bits per heavy atom. The van der Waals surface area contributed by atoms with Crippen LogP contribution in [0.15, 0.2) is 79.4 Å². The Kier molecular flexibility index (Phi) is 4.15. The van der Waals surface area contributed by atoms with Crippen molar-refractivity contribution in [2.45, 2.75) is 6.42 Å². The van der Waals surface area contributed by atoms with Gasteiger partial charge in [0.05, 0.1) is 0 Å². The molecule has 0 atom stereocenters. The number of hydrogen-bond donors (Lipinski definition) is 2. The van der Waals surface area contributed by atoms with E-state index in [1.54, 1.807) is 24.3 Å². The molecule has 0 aliphatic rings. The van der Waals surface area contributed by atoms with Crippen LogP contribution in [0, 0.1) is 0 Å². The van der Waals surface area contributed by atoms with E-state index in [0.29, 0.717) is 6.42 Å². The Labute approximate surface area is 136 Å². The number of para-hydroxylation sites is 2. The molecule has 2 nitrogen and oxygen atoms in total. The number of allylic oxidation sites excluding steroid dienone is 1. The Morgan fingerprint density at radius 3 is 1.87 bits per heavy atom. The molecule has 0 aliphatic carbocycles. The molecular weight excluding hydrogens is 284 g/mol. The number of phenols is 2. The van der Waals surface area contributed by atoms with E-state index in [-0.39, 0.29) is 11.5 Å². The van der Waals surface area contributed by atoms with Crippen molar-refractivity contribution in [2.75, 3.05) is 0 Å². The summed E-state index contributed by atoms with van der Waals surface area (Å²) in [6.45, 7) is 3.82. The van der Waals surface area contributed by atoms with Crippen LogP contribution in [-0.4, -0.2) is 10.2 Å². The molecule has 0 bridgehead atoms. The molecule has 0 aliphatic heterocycles. The van der Waals surface area contributed by atoms with Gasteiger partial charge in [-0.05, 0) is 35.2 Å². The number of aromatic hydroxyl groups is 2. The van der Waals surface area contributed by atoms with Crippen LogP contribution in [0.1, 0.15) is 5.56 Å². The summed E-state index contributed by atoms with van der Waals surface area (Å²) >= 11 is 0. The number of benzene rings is 3. The van der Waals surface area contributed by atoms with Crippen molar-refractivity contribution in [3.05, 3.63) is 84.9 Å². The van der Waals surface area contributed by atoms with Crippen molar-refractivity contribution in [3.63, 3.8) is 0 Å². The minimum absolute atomic E-state index is 0.222.